The number of hydrogen-bond acceptors (Lipinski definition) is 6. The molecular formula is C17H18FN7O2. The smallest absolute Gasteiger partial charge is 0.259 e. The Bertz CT molecular complexity index is 894. The van der Waals surface area contributed by atoms with Crippen LogP contribution in [-0.2, 0) is 0 Å². The monoisotopic (exact) mass is 371 g/mol. The third kappa shape index (κ3) is 3.78. The van der Waals surface area contributed by atoms with E-state index >= 15 is 0 Å². The van der Waals surface area contributed by atoms with Crippen molar-refractivity contribution < 1.29 is 13.9 Å². The predicted molar refractivity (Wildman–Crippen MR) is 91.8 cm³/mol. The van der Waals surface area contributed by atoms with Crippen LogP contribution in [-0.4, -0.2) is 60.9 Å². The van der Waals surface area contributed by atoms with Gasteiger partial charge in [0, 0.05) is 19.0 Å². The van der Waals surface area contributed by atoms with Gasteiger partial charge in [-0.15, -0.1) is 5.10 Å². The van der Waals surface area contributed by atoms with E-state index in [1.807, 2.05) is 0 Å². The first kappa shape index (κ1) is 17.1. The summed E-state index contributed by atoms with van der Waals surface area (Å²) in [5.41, 5.74) is 0.419. The number of carbonyl (C=O) groups is 1. The van der Waals surface area contributed by atoms with Gasteiger partial charge in [0.15, 0.2) is 5.82 Å². The summed E-state index contributed by atoms with van der Waals surface area (Å²) in [6.45, 7) is 1.73. The third-order valence-electron chi connectivity index (χ3n) is 4.53. The fraction of sp³-hybridized carbons (Fsp3) is 0.353. The number of carbonyl (C=O) groups excluding carboxylic acids is 1. The van der Waals surface area contributed by atoms with E-state index in [1.54, 1.807) is 17.0 Å². The molecule has 1 fully saturated rings. The molecule has 27 heavy (non-hydrogen) atoms. The second-order valence-electron chi connectivity index (χ2n) is 6.41. The molecule has 9 nitrogen and oxygen atoms in total. The van der Waals surface area contributed by atoms with Gasteiger partial charge in [0.25, 0.3) is 5.91 Å². The van der Waals surface area contributed by atoms with Gasteiger partial charge in [-0.25, -0.2) is 4.39 Å². The molecule has 10 heteroatoms. The molecule has 0 aliphatic carbocycles. The van der Waals surface area contributed by atoms with Gasteiger partial charge >= 0.3 is 0 Å². The maximum atomic E-state index is 13.0. The Morgan fingerprint density at radius 2 is 2.19 bits per heavy atom. The summed E-state index contributed by atoms with van der Waals surface area (Å²) in [5, 5.41) is 17.7. The molecule has 0 spiro atoms. The Hall–Kier alpha value is -3.30. The molecule has 1 atom stereocenters. The average molecular weight is 371 g/mol. The minimum atomic E-state index is -0.296. The molecule has 1 aromatic carbocycles. The van der Waals surface area contributed by atoms with Crippen molar-refractivity contribution in [3.63, 3.8) is 0 Å². The van der Waals surface area contributed by atoms with Gasteiger partial charge < -0.3 is 9.64 Å². The molecule has 1 N–H and O–H groups in total. The molecule has 1 aliphatic heterocycles. The number of tetrazole rings is 1. The molecule has 0 bridgehead atoms. The van der Waals surface area contributed by atoms with Crippen LogP contribution in [0.2, 0.25) is 0 Å². The van der Waals surface area contributed by atoms with Crippen LogP contribution in [0, 0.1) is 11.7 Å². The van der Waals surface area contributed by atoms with Gasteiger partial charge in [-0.3, -0.25) is 9.89 Å². The Morgan fingerprint density at radius 1 is 1.33 bits per heavy atom. The first-order valence-corrected chi connectivity index (χ1v) is 8.65. The van der Waals surface area contributed by atoms with Crippen molar-refractivity contribution in [2.45, 2.75) is 12.8 Å². The van der Waals surface area contributed by atoms with Crippen molar-refractivity contribution in [3.05, 3.63) is 48.2 Å². The summed E-state index contributed by atoms with van der Waals surface area (Å²) >= 11 is 0. The quantitative estimate of drug-likeness (QED) is 0.728. The van der Waals surface area contributed by atoms with Gasteiger partial charge in [0.2, 0.25) is 0 Å². The topological polar surface area (TPSA) is 102 Å². The number of ether oxygens (including phenoxy) is 1. The molecule has 0 saturated carbocycles. The van der Waals surface area contributed by atoms with Gasteiger partial charge in [-0.05, 0) is 47.5 Å². The SMILES string of the molecule is O=C(c1cn[nH]c1-n1cnnn1)N1CCC[C@H](COc2ccc(F)cc2)C1. The summed E-state index contributed by atoms with van der Waals surface area (Å²) in [4.78, 5) is 14.7. The van der Waals surface area contributed by atoms with E-state index in [0.29, 0.717) is 36.8 Å². The van der Waals surface area contributed by atoms with Crippen LogP contribution in [0.4, 0.5) is 4.39 Å². The van der Waals surface area contributed by atoms with Crippen molar-refractivity contribution in [3.8, 4) is 11.6 Å². The lowest BCUT2D eigenvalue weighted by atomic mass is 9.98. The van der Waals surface area contributed by atoms with Crippen LogP contribution in [0.25, 0.3) is 5.82 Å². The Balaban J connectivity index is 1.40. The summed E-state index contributed by atoms with van der Waals surface area (Å²) in [5.74, 6) is 0.845. The lowest BCUT2D eigenvalue weighted by molar-refractivity contribution is 0.0633. The second-order valence-corrected chi connectivity index (χ2v) is 6.41. The molecule has 1 aliphatic rings. The normalized spacial score (nSPS) is 17.1. The highest BCUT2D eigenvalue weighted by molar-refractivity contribution is 5.97. The predicted octanol–water partition coefficient (Wildman–Crippen LogP) is 1.46. The average Bonchev–Trinajstić information content (AvgIpc) is 3.38. The molecule has 3 aromatic rings. The zero-order chi connectivity index (χ0) is 18.6. The highest BCUT2D eigenvalue weighted by Crippen LogP contribution is 2.22. The Morgan fingerprint density at radius 3 is 2.96 bits per heavy atom. The first-order chi connectivity index (χ1) is 13.2. The highest BCUT2D eigenvalue weighted by Gasteiger charge is 2.27. The Kier molecular flexibility index (Phi) is 4.77. The van der Waals surface area contributed by atoms with Crippen LogP contribution in [0.5, 0.6) is 5.75 Å². The lowest BCUT2D eigenvalue weighted by Crippen LogP contribution is -2.41. The molecule has 1 amide bonds. The molecule has 3 heterocycles. The highest BCUT2D eigenvalue weighted by atomic mass is 19.1. The number of hydrogen-bond donors (Lipinski definition) is 1. The fourth-order valence-electron chi connectivity index (χ4n) is 3.18. The molecule has 0 unspecified atom stereocenters. The van der Waals surface area contributed by atoms with Crippen molar-refractivity contribution >= 4 is 5.91 Å². The van der Waals surface area contributed by atoms with Crippen LogP contribution in [0.3, 0.4) is 0 Å². The van der Waals surface area contributed by atoms with E-state index in [-0.39, 0.29) is 17.6 Å². The van der Waals surface area contributed by atoms with Gasteiger partial charge in [-0.1, -0.05) is 0 Å². The van der Waals surface area contributed by atoms with Crippen LogP contribution in [0.15, 0.2) is 36.8 Å². The number of aromatic amines is 1. The van der Waals surface area contributed by atoms with E-state index in [4.69, 9.17) is 4.74 Å². The maximum Gasteiger partial charge on any atom is 0.259 e. The molecule has 0 radical (unpaired) electrons. The van der Waals surface area contributed by atoms with E-state index < -0.39 is 0 Å². The van der Waals surface area contributed by atoms with Crippen molar-refractivity contribution in [2.24, 2.45) is 5.92 Å². The van der Waals surface area contributed by atoms with Crippen molar-refractivity contribution in [1.82, 2.24) is 35.3 Å². The first-order valence-electron chi connectivity index (χ1n) is 8.65. The molecule has 2 aromatic heterocycles. The number of rotatable bonds is 5. The third-order valence-corrected chi connectivity index (χ3v) is 4.53. The molecule has 1 saturated heterocycles. The summed E-state index contributed by atoms with van der Waals surface area (Å²) < 4.78 is 20.1. The number of aromatic nitrogens is 6. The maximum absolute atomic E-state index is 13.0. The minimum Gasteiger partial charge on any atom is -0.493 e. The zero-order valence-electron chi connectivity index (χ0n) is 14.5. The van der Waals surface area contributed by atoms with E-state index in [0.717, 1.165) is 12.8 Å². The number of H-pyrrole nitrogens is 1. The molecule has 4 rings (SSSR count). The van der Waals surface area contributed by atoms with Crippen molar-refractivity contribution in [2.75, 3.05) is 19.7 Å². The van der Waals surface area contributed by atoms with E-state index in [1.165, 1.54) is 29.3 Å². The standard InChI is InChI=1S/C17H18FN7O2/c18-13-3-5-14(6-4-13)27-10-12-2-1-7-24(9-12)17(26)15-8-19-21-16(15)25-11-20-22-23-25/h3-6,8,11-12H,1-2,7,9-10H2,(H,19,21)/t12-/m0/s1. The van der Waals surface area contributed by atoms with E-state index in [9.17, 15) is 9.18 Å². The summed E-state index contributed by atoms with van der Waals surface area (Å²) in [7, 11) is 0. The fourth-order valence-corrected chi connectivity index (χ4v) is 3.18. The largest absolute Gasteiger partial charge is 0.493 e. The number of benzene rings is 1. The van der Waals surface area contributed by atoms with Crippen molar-refractivity contribution in [1.29, 1.82) is 0 Å². The summed E-state index contributed by atoms with van der Waals surface area (Å²) in [6, 6.07) is 5.94. The van der Waals surface area contributed by atoms with Gasteiger partial charge in [-0.2, -0.15) is 9.78 Å². The van der Waals surface area contributed by atoms with Gasteiger partial charge in [0.1, 0.15) is 23.5 Å². The second kappa shape index (κ2) is 7.52. The minimum absolute atomic E-state index is 0.124. The number of piperidine rings is 1. The number of nitrogens with zero attached hydrogens (tertiary/aromatic N) is 6. The van der Waals surface area contributed by atoms with Crippen LogP contribution >= 0.6 is 0 Å². The van der Waals surface area contributed by atoms with Crippen LogP contribution in [0.1, 0.15) is 23.2 Å². The number of nitrogens with one attached hydrogen (secondary N) is 1. The van der Waals surface area contributed by atoms with Gasteiger partial charge in [0.05, 0.1) is 12.8 Å². The number of halogens is 1. The van der Waals surface area contributed by atoms with E-state index in [2.05, 4.69) is 25.7 Å². The molecule has 140 valence electrons. The van der Waals surface area contributed by atoms with Crippen LogP contribution < -0.4 is 4.74 Å². The lowest BCUT2D eigenvalue weighted by Gasteiger charge is -2.32. The molecular weight excluding hydrogens is 353 g/mol. The Labute approximate surface area is 154 Å². The number of amides is 1. The summed E-state index contributed by atoms with van der Waals surface area (Å²) in [6.07, 6.45) is 4.75. The zero-order valence-corrected chi connectivity index (χ0v) is 14.5. The number of likely N-dealkylation sites (tertiary alicyclic amines) is 1.